The first-order chi connectivity index (χ1) is 7.72. The summed E-state index contributed by atoms with van der Waals surface area (Å²) in [6.07, 6.45) is 2.84. The van der Waals surface area contributed by atoms with Crippen LogP contribution in [0.2, 0.25) is 0 Å². The molecule has 88 valence electrons. The summed E-state index contributed by atoms with van der Waals surface area (Å²) in [5, 5.41) is 8.60. The Hall–Kier alpha value is -1.35. The van der Waals surface area contributed by atoms with Crippen LogP contribution in [0.25, 0.3) is 0 Å². The van der Waals surface area contributed by atoms with Gasteiger partial charge >= 0.3 is 5.97 Å². The Morgan fingerprint density at radius 3 is 2.50 bits per heavy atom. The fourth-order valence-electron chi connectivity index (χ4n) is 1.72. The average molecular weight is 221 g/mol. The largest absolute Gasteiger partial charge is 0.481 e. The van der Waals surface area contributed by atoms with Gasteiger partial charge in [-0.25, -0.2) is 0 Å². The second-order valence-corrected chi connectivity index (χ2v) is 4.06. The van der Waals surface area contributed by atoms with Gasteiger partial charge in [0.1, 0.15) is 0 Å². The van der Waals surface area contributed by atoms with Gasteiger partial charge in [-0.1, -0.05) is 30.3 Å². The number of hydrogen-bond acceptors (Lipinski definition) is 2. The third-order valence-corrected chi connectivity index (χ3v) is 2.78. The molecule has 0 heterocycles. The Labute approximate surface area is 96.3 Å². The van der Waals surface area contributed by atoms with Crippen LogP contribution < -0.4 is 5.73 Å². The quantitative estimate of drug-likeness (QED) is 0.740. The van der Waals surface area contributed by atoms with Crippen LogP contribution in [0.5, 0.6) is 0 Å². The van der Waals surface area contributed by atoms with Crippen LogP contribution in [-0.4, -0.2) is 17.6 Å². The van der Waals surface area contributed by atoms with Crippen molar-refractivity contribution in [2.75, 3.05) is 6.54 Å². The minimum Gasteiger partial charge on any atom is -0.481 e. The number of aliphatic carboxylic acids is 1. The lowest BCUT2D eigenvalue weighted by Crippen LogP contribution is -2.16. The SMILES string of the molecule is NCC(CCC(=O)O)CCc1ccccc1. The van der Waals surface area contributed by atoms with E-state index in [1.165, 1.54) is 5.56 Å². The molecule has 0 aliphatic carbocycles. The Morgan fingerprint density at radius 2 is 1.94 bits per heavy atom. The second kappa shape index (κ2) is 7.01. The van der Waals surface area contributed by atoms with E-state index < -0.39 is 5.97 Å². The fraction of sp³-hybridized carbons (Fsp3) is 0.462. The van der Waals surface area contributed by atoms with Gasteiger partial charge in [0.25, 0.3) is 0 Å². The zero-order chi connectivity index (χ0) is 11.8. The molecule has 0 saturated heterocycles. The van der Waals surface area contributed by atoms with Crippen molar-refractivity contribution < 1.29 is 9.90 Å². The lowest BCUT2D eigenvalue weighted by Gasteiger charge is -2.13. The molecule has 1 aromatic carbocycles. The number of carboxylic acids is 1. The summed E-state index contributed by atoms with van der Waals surface area (Å²) in [5.74, 6) is -0.422. The molecular formula is C13H19NO2. The van der Waals surface area contributed by atoms with Gasteiger partial charge in [-0.15, -0.1) is 0 Å². The number of hydrogen-bond donors (Lipinski definition) is 2. The summed E-state index contributed by atoms with van der Waals surface area (Å²) in [7, 11) is 0. The van der Waals surface area contributed by atoms with E-state index in [0.717, 1.165) is 12.8 Å². The predicted molar refractivity (Wildman–Crippen MR) is 64.2 cm³/mol. The standard InChI is InChI=1S/C13H19NO2/c14-10-12(8-9-13(15)16)7-6-11-4-2-1-3-5-11/h1-5,12H,6-10,14H2,(H,15,16). The van der Waals surface area contributed by atoms with Gasteiger partial charge in [-0.2, -0.15) is 0 Å². The minimum atomic E-state index is -0.738. The fourth-order valence-corrected chi connectivity index (χ4v) is 1.72. The van der Waals surface area contributed by atoms with E-state index in [1.807, 2.05) is 18.2 Å². The van der Waals surface area contributed by atoms with Crippen LogP contribution in [0.4, 0.5) is 0 Å². The maximum Gasteiger partial charge on any atom is 0.303 e. The third kappa shape index (κ3) is 4.94. The van der Waals surface area contributed by atoms with E-state index >= 15 is 0 Å². The third-order valence-electron chi connectivity index (χ3n) is 2.78. The zero-order valence-electron chi connectivity index (χ0n) is 9.43. The number of carboxylic acid groups (broad SMARTS) is 1. The Bertz CT molecular complexity index is 311. The molecule has 0 bridgehead atoms. The predicted octanol–water partition coefficient (Wildman–Crippen LogP) is 2.06. The summed E-state index contributed by atoms with van der Waals surface area (Å²) in [6.45, 7) is 0.570. The maximum atomic E-state index is 10.5. The molecule has 1 unspecified atom stereocenters. The van der Waals surface area contributed by atoms with E-state index in [4.69, 9.17) is 10.8 Å². The molecule has 0 saturated carbocycles. The highest BCUT2D eigenvalue weighted by molar-refractivity contribution is 5.66. The number of benzene rings is 1. The first-order valence-corrected chi connectivity index (χ1v) is 5.68. The molecule has 1 aromatic rings. The molecule has 0 aliphatic heterocycles. The van der Waals surface area contributed by atoms with Crippen molar-refractivity contribution in [2.45, 2.75) is 25.7 Å². The number of rotatable bonds is 7. The van der Waals surface area contributed by atoms with Crippen LogP contribution in [-0.2, 0) is 11.2 Å². The van der Waals surface area contributed by atoms with E-state index in [2.05, 4.69) is 12.1 Å². The number of nitrogens with two attached hydrogens (primary N) is 1. The number of carbonyl (C=O) groups is 1. The van der Waals surface area contributed by atoms with Gasteiger partial charge in [0.2, 0.25) is 0 Å². The van der Waals surface area contributed by atoms with Gasteiger partial charge in [0.15, 0.2) is 0 Å². The summed E-state index contributed by atoms with van der Waals surface area (Å²) in [5.41, 5.74) is 6.92. The van der Waals surface area contributed by atoms with Crippen LogP contribution in [0.3, 0.4) is 0 Å². The maximum absolute atomic E-state index is 10.5. The molecule has 1 atom stereocenters. The number of aryl methyl sites for hydroxylation is 1. The Morgan fingerprint density at radius 1 is 1.25 bits per heavy atom. The zero-order valence-corrected chi connectivity index (χ0v) is 9.43. The summed E-state index contributed by atoms with van der Waals surface area (Å²) in [6, 6.07) is 10.2. The molecule has 0 aliphatic rings. The van der Waals surface area contributed by atoms with Crippen molar-refractivity contribution in [1.82, 2.24) is 0 Å². The van der Waals surface area contributed by atoms with E-state index in [9.17, 15) is 4.79 Å². The molecule has 16 heavy (non-hydrogen) atoms. The van der Waals surface area contributed by atoms with Crippen molar-refractivity contribution in [3.05, 3.63) is 35.9 Å². The molecule has 0 amide bonds. The smallest absolute Gasteiger partial charge is 0.303 e. The van der Waals surface area contributed by atoms with Crippen LogP contribution in [0, 0.1) is 5.92 Å². The van der Waals surface area contributed by atoms with Crippen molar-refractivity contribution >= 4 is 5.97 Å². The van der Waals surface area contributed by atoms with Crippen LogP contribution >= 0.6 is 0 Å². The summed E-state index contributed by atoms with van der Waals surface area (Å²) < 4.78 is 0. The molecule has 3 N–H and O–H groups in total. The molecule has 0 radical (unpaired) electrons. The van der Waals surface area contributed by atoms with E-state index in [0.29, 0.717) is 18.9 Å². The van der Waals surface area contributed by atoms with Gasteiger partial charge < -0.3 is 10.8 Å². The molecule has 3 nitrogen and oxygen atoms in total. The van der Waals surface area contributed by atoms with E-state index in [-0.39, 0.29) is 6.42 Å². The highest BCUT2D eigenvalue weighted by atomic mass is 16.4. The first kappa shape index (κ1) is 12.7. The molecule has 0 aromatic heterocycles. The van der Waals surface area contributed by atoms with Gasteiger partial charge in [-0.05, 0) is 37.3 Å². The van der Waals surface area contributed by atoms with Crippen LogP contribution in [0.1, 0.15) is 24.8 Å². The van der Waals surface area contributed by atoms with Crippen LogP contribution in [0.15, 0.2) is 30.3 Å². The van der Waals surface area contributed by atoms with Gasteiger partial charge in [0, 0.05) is 6.42 Å². The van der Waals surface area contributed by atoms with Crippen molar-refractivity contribution in [3.8, 4) is 0 Å². The first-order valence-electron chi connectivity index (χ1n) is 5.68. The molecule has 0 spiro atoms. The van der Waals surface area contributed by atoms with E-state index in [1.54, 1.807) is 0 Å². The molecule has 0 fully saturated rings. The molecule has 1 rings (SSSR count). The summed E-state index contributed by atoms with van der Waals surface area (Å²) in [4.78, 5) is 10.5. The lowest BCUT2D eigenvalue weighted by molar-refractivity contribution is -0.137. The Kier molecular flexibility index (Phi) is 5.57. The molecular weight excluding hydrogens is 202 g/mol. The topological polar surface area (TPSA) is 63.3 Å². The Balaban J connectivity index is 2.31. The monoisotopic (exact) mass is 221 g/mol. The highest BCUT2D eigenvalue weighted by Crippen LogP contribution is 2.14. The van der Waals surface area contributed by atoms with Crippen molar-refractivity contribution in [3.63, 3.8) is 0 Å². The molecule has 3 heteroatoms. The van der Waals surface area contributed by atoms with Crippen molar-refractivity contribution in [2.24, 2.45) is 11.7 Å². The lowest BCUT2D eigenvalue weighted by atomic mass is 9.95. The highest BCUT2D eigenvalue weighted by Gasteiger charge is 2.09. The minimum absolute atomic E-state index is 0.219. The normalized spacial score (nSPS) is 12.3. The van der Waals surface area contributed by atoms with Crippen molar-refractivity contribution in [1.29, 1.82) is 0 Å². The summed E-state index contributed by atoms with van der Waals surface area (Å²) >= 11 is 0. The second-order valence-electron chi connectivity index (χ2n) is 4.06. The average Bonchev–Trinajstić information content (AvgIpc) is 2.30. The van der Waals surface area contributed by atoms with Gasteiger partial charge in [0.05, 0.1) is 0 Å². The van der Waals surface area contributed by atoms with Gasteiger partial charge in [-0.3, -0.25) is 4.79 Å².